The molecule has 0 fully saturated rings. The topological polar surface area (TPSA) is 57.1 Å². The van der Waals surface area contributed by atoms with E-state index in [9.17, 15) is 4.79 Å². The highest BCUT2D eigenvalue weighted by molar-refractivity contribution is 14.1. The van der Waals surface area contributed by atoms with Crippen molar-refractivity contribution in [3.05, 3.63) is 97.2 Å². The smallest absolute Gasteiger partial charge is 0.363 e. The summed E-state index contributed by atoms with van der Waals surface area (Å²) in [4.78, 5) is 16.6. The number of halogens is 2. The number of hydrogen-bond donors (Lipinski definition) is 0. The lowest BCUT2D eigenvalue weighted by Gasteiger charge is -2.12. The Balaban J connectivity index is 1.54. The van der Waals surface area contributed by atoms with Gasteiger partial charge in [0.2, 0.25) is 5.90 Å². The Labute approximate surface area is 202 Å². The summed E-state index contributed by atoms with van der Waals surface area (Å²) in [5.41, 5.74) is 2.77. The SMILES string of the molecule is COc1cc(/C=C2\N=C(c3ccc(I)cc3)OC2=O)ccc1OCc1ccccc1Br. The van der Waals surface area contributed by atoms with Crippen molar-refractivity contribution < 1.29 is 19.0 Å². The lowest BCUT2D eigenvalue weighted by atomic mass is 10.1. The van der Waals surface area contributed by atoms with Crippen LogP contribution >= 0.6 is 38.5 Å². The maximum atomic E-state index is 12.3. The van der Waals surface area contributed by atoms with Gasteiger partial charge in [0, 0.05) is 19.2 Å². The molecule has 3 aromatic rings. The van der Waals surface area contributed by atoms with Crippen LogP contribution < -0.4 is 9.47 Å². The fourth-order valence-corrected chi connectivity index (χ4v) is 3.71. The molecule has 0 N–H and O–H groups in total. The van der Waals surface area contributed by atoms with Crippen molar-refractivity contribution in [1.82, 2.24) is 0 Å². The first kappa shape index (κ1) is 21.6. The highest BCUT2D eigenvalue weighted by Crippen LogP contribution is 2.31. The molecule has 0 amide bonds. The van der Waals surface area contributed by atoms with Gasteiger partial charge >= 0.3 is 5.97 Å². The van der Waals surface area contributed by atoms with Crippen LogP contribution in [0.3, 0.4) is 0 Å². The van der Waals surface area contributed by atoms with Crippen LogP contribution in [0, 0.1) is 3.57 Å². The second kappa shape index (κ2) is 9.65. The first-order chi connectivity index (χ1) is 15.0. The Morgan fingerprint density at radius 3 is 2.58 bits per heavy atom. The number of aliphatic imine (C=N–C) groups is 1. The minimum Gasteiger partial charge on any atom is -0.493 e. The molecular weight excluding hydrogens is 573 g/mol. The van der Waals surface area contributed by atoms with Crippen LogP contribution in [0.25, 0.3) is 6.08 Å². The van der Waals surface area contributed by atoms with E-state index in [2.05, 4.69) is 43.5 Å². The summed E-state index contributed by atoms with van der Waals surface area (Å²) in [6.45, 7) is 0.397. The van der Waals surface area contributed by atoms with E-state index >= 15 is 0 Å². The molecule has 0 unspecified atom stereocenters. The van der Waals surface area contributed by atoms with Crippen LogP contribution in [0.2, 0.25) is 0 Å². The molecule has 0 aliphatic carbocycles. The number of ether oxygens (including phenoxy) is 3. The van der Waals surface area contributed by atoms with Gasteiger partial charge in [-0.15, -0.1) is 0 Å². The van der Waals surface area contributed by atoms with Gasteiger partial charge in [0.15, 0.2) is 17.2 Å². The molecule has 1 heterocycles. The predicted molar refractivity (Wildman–Crippen MR) is 131 cm³/mol. The molecular formula is C24H17BrINO4. The highest BCUT2D eigenvalue weighted by atomic mass is 127. The van der Waals surface area contributed by atoms with Crippen molar-refractivity contribution >= 4 is 56.5 Å². The lowest BCUT2D eigenvalue weighted by Crippen LogP contribution is -2.05. The lowest BCUT2D eigenvalue weighted by molar-refractivity contribution is -0.129. The van der Waals surface area contributed by atoms with E-state index in [1.807, 2.05) is 60.7 Å². The zero-order chi connectivity index (χ0) is 21.8. The molecule has 0 saturated carbocycles. The summed E-state index contributed by atoms with van der Waals surface area (Å²) in [6.07, 6.45) is 1.67. The maximum absolute atomic E-state index is 12.3. The average Bonchev–Trinajstić information content (AvgIpc) is 3.14. The van der Waals surface area contributed by atoms with E-state index in [0.717, 1.165) is 24.7 Å². The first-order valence-corrected chi connectivity index (χ1v) is 11.2. The number of nitrogens with zero attached hydrogens (tertiary/aromatic N) is 1. The number of esters is 1. The second-order valence-electron chi connectivity index (χ2n) is 6.63. The number of methoxy groups -OCH3 is 1. The van der Waals surface area contributed by atoms with Gasteiger partial charge in [0.05, 0.1) is 7.11 Å². The van der Waals surface area contributed by atoms with E-state index in [4.69, 9.17) is 14.2 Å². The Hall–Kier alpha value is -2.65. The second-order valence-corrected chi connectivity index (χ2v) is 8.73. The summed E-state index contributed by atoms with van der Waals surface area (Å²) >= 11 is 5.74. The molecule has 0 bridgehead atoms. The minimum absolute atomic E-state index is 0.234. The molecule has 0 spiro atoms. The third kappa shape index (κ3) is 5.16. The fourth-order valence-electron chi connectivity index (χ4n) is 2.95. The summed E-state index contributed by atoms with van der Waals surface area (Å²) in [5, 5.41) is 0. The molecule has 0 radical (unpaired) electrons. The van der Waals surface area contributed by atoms with Crippen LogP contribution in [-0.2, 0) is 16.1 Å². The van der Waals surface area contributed by atoms with Gasteiger partial charge in [-0.3, -0.25) is 0 Å². The molecule has 1 aliphatic rings. The quantitative estimate of drug-likeness (QED) is 0.201. The summed E-state index contributed by atoms with van der Waals surface area (Å²) < 4.78 is 18.8. The summed E-state index contributed by atoms with van der Waals surface area (Å²) in [5.74, 6) is 0.988. The number of rotatable bonds is 6. The van der Waals surface area contributed by atoms with Gasteiger partial charge in [-0.1, -0.05) is 40.2 Å². The Bertz CT molecular complexity index is 1190. The molecule has 5 nitrogen and oxygen atoms in total. The number of benzene rings is 3. The van der Waals surface area contributed by atoms with Crippen LogP contribution in [0.4, 0.5) is 0 Å². The largest absolute Gasteiger partial charge is 0.493 e. The number of carbonyl (C=O) groups excluding carboxylic acids is 1. The zero-order valence-corrected chi connectivity index (χ0v) is 20.2. The van der Waals surface area contributed by atoms with E-state index in [1.165, 1.54) is 0 Å². The highest BCUT2D eigenvalue weighted by Gasteiger charge is 2.24. The molecule has 3 aromatic carbocycles. The van der Waals surface area contributed by atoms with E-state index < -0.39 is 5.97 Å². The van der Waals surface area contributed by atoms with Gasteiger partial charge < -0.3 is 14.2 Å². The fraction of sp³-hybridized carbons (Fsp3) is 0.0833. The number of cyclic esters (lactones) is 1. The van der Waals surface area contributed by atoms with Crippen molar-refractivity contribution in [2.75, 3.05) is 7.11 Å². The van der Waals surface area contributed by atoms with Crippen molar-refractivity contribution in [1.29, 1.82) is 0 Å². The van der Waals surface area contributed by atoms with Gasteiger partial charge in [0.1, 0.15) is 6.61 Å². The Kier molecular flexibility index (Phi) is 6.72. The van der Waals surface area contributed by atoms with Crippen molar-refractivity contribution in [3.8, 4) is 11.5 Å². The van der Waals surface area contributed by atoms with Crippen molar-refractivity contribution in [2.24, 2.45) is 4.99 Å². The Morgan fingerprint density at radius 2 is 1.84 bits per heavy atom. The van der Waals surface area contributed by atoms with Gasteiger partial charge in [0.25, 0.3) is 0 Å². The molecule has 7 heteroatoms. The molecule has 31 heavy (non-hydrogen) atoms. The third-order valence-electron chi connectivity index (χ3n) is 4.54. The zero-order valence-electron chi connectivity index (χ0n) is 16.5. The predicted octanol–water partition coefficient (Wildman–Crippen LogP) is 5.99. The van der Waals surface area contributed by atoms with E-state index in [-0.39, 0.29) is 5.70 Å². The number of hydrogen-bond acceptors (Lipinski definition) is 5. The van der Waals surface area contributed by atoms with Crippen LogP contribution in [0.15, 0.2) is 81.9 Å². The minimum atomic E-state index is -0.484. The summed E-state index contributed by atoms with van der Waals surface area (Å²) in [6, 6.07) is 20.9. The average molecular weight is 590 g/mol. The van der Waals surface area contributed by atoms with Crippen molar-refractivity contribution in [2.45, 2.75) is 6.61 Å². The van der Waals surface area contributed by atoms with Gasteiger partial charge in [-0.05, 0) is 76.7 Å². The Morgan fingerprint density at radius 1 is 1.06 bits per heavy atom. The van der Waals surface area contributed by atoms with E-state index in [0.29, 0.717) is 24.0 Å². The number of carbonyl (C=O) groups is 1. The van der Waals surface area contributed by atoms with Crippen LogP contribution in [0.1, 0.15) is 16.7 Å². The van der Waals surface area contributed by atoms with Crippen LogP contribution in [0.5, 0.6) is 11.5 Å². The normalized spacial score (nSPS) is 14.4. The summed E-state index contributed by atoms with van der Waals surface area (Å²) in [7, 11) is 1.58. The molecule has 0 saturated heterocycles. The van der Waals surface area contributed by atoms with Gasteiger partial charge in [-0.25, -0.2) is 9.79 Å². The molecule has 0 aromatic heterocycles. The molecule has 156 valence electrons. The van der Waals surface area contributed by atoms with Crippen molar-refractivity contribution in [3.63, 3.8) is 0 Å². The molecule has 1 aliphatic heterocycles. The monoisotopic (exact) mass is 589 g/mol. The van der Waals surface area contributed by atoms with Crippen LogP contribution in [-0.4, -0.2) is 19.0 Å². The first-order valence-electron chi connectivity index (χ1n) is 9.36. The molecule has 0 atom stereocenters. The maximum Gasteiger partial charge on any atom is 0.363 e. The third-order valence-corrected chi connectivity index (χ3v) is 6.04. The standard InChI is InChI=1S/C24H17BrINO4/c1-29-22-13-15(6-11-21(22)30-14-17-4-2-3-5-19(17)25)12-20-24(28)31-23(27-20)16-7-9-18(26)10-8-16/h2-13H,14H2,1H3/b20-12-. The van der Waals surface area contributed by atoms with E-state index in [1.54, 1.807) is 19.3 Å². The van der Waals surface area contributed by atoms with Gasteiger partial charge in [-0.2, -0.15) is 0 Å². The molecule has 4 rings (SSSR count).